The van der Waals surface area contributed by atoms with E-state index >= 15 is 0 Å². The third-order valence-corrected chi connectivity index (χ3v) is 2.46. The molecule has 0 bridgehead atoms. The first-order valence-corrected chi connectivity index (χ1v) is 4.55. The molecule has 14 heavy (non-hydrogen) atoms. The fourth-order valence-electron chi connectivity index (χ4n) is 1.60. The van der Waals surface area contributed by atoms with Crippen molar-refractivity contribution in [3.05, 3.63) is 49.4 Å². The lowest BCUT2D eigenvalue weighted by Crippen LogP contribution is -2.29. The van der Waals surface area contributed by atoms with Crippen molar-refractivity contribution in [3.63, 3.8) is 0 Å². The largest absolute Gasteiger partial charge is 0.396 e. The summed E-state index contributed by atoms with van der Waals surface area (Å²) in [5.41, 5.74) is 6.07. The third-order valence-electron chi connectivity index (χ3n) is 2.46. The number of anilines is 1. The molecule has 0 fully saturated rings. The normalized spacial score (nSPS) is 25.1. The minimum atomic E-state index is -0.244. The van der Waals surface area contributed by atoms with Crippen LogP contribution in [0, 0.1) is 0 Å². The molecule has 1 aliphatic carbocycles. The molecule has 0 saturated heterocycles. The van der Waals surface area contributed by atoms with E-state index in [0.717, 1.165) is 6.42 Å². The van der Waals surface area contributed by atoms with Gasteiger partial charge in [0.1, 0.15) is 5.54 Å². The first-order chi connectivity index (χ1) is 6.77. The molecular weight excluding hydrogens is 174 g/mol. The Labute approximate surface area is 83.2 Å². The van der Waals surface area contributed by atoms with Crippen LogP contribution in [0.15, 0.2) is 49.4 Å². The average molecular weight is 187 g/mol. The molecule has 1 aliphatic rings. The van der Waals surface area contributed by atoms with Gasteiger partial charge in [-0.15, -0.1) is 6.58 Å². The van der Waals surface area contributed by atoms with Gasteiger partial charge < -0.3 is 5.73 Å². The number of allylic oxidation sites excluding steroid dienone is 5. The topological polar surface area (TPSA) is 43.8 Å². The molecule has 72 valence electrons. The summed E-state index contributed by atoms with van der Waals surface area (Å²) in [5, 5.41) is 4.22. The molecule has 0 aliphatic heterocycles. The lowest BCUT2D eigenvalue weighted by molar-refractivity contribution is 0.420. The van der Waals surface area contributed by atoms with Crippen molar-refractivity contribution in [2.45, 2.75) is 12.0 Å². The number of nitrogen functional groups attached to an aromatic ring is 1. The lowest BCUT2D eigenvalue weighted by Gasteiger charge is -2.27. The van der Waals surface area contributed by atoms with E-state index in [9.17, 15) is 0 Å². The van der Waals surface area contributed by atoms with E-state index in [0.29, 0.717) is 5.69 Å². The van der Waals surface area contributed by atoms with E-state index in [1.807, 2.05) is 29.1 Å². The van der Waals surface area contributed by atoms with Crippen LogP contribution in [0.25, 0.3) is 0 Å². The van der Waals surface area contributed by atoms with Crippen molar-refractivity contribution in [1.82, 2.24) is 9.78 Å². The fourth-order valence-corrected chi connectivity index (χ4v) is 1.60. The molecule has 1 aromatic heterocycles. The van der Waals surface area contributed by atoms with Gasteiger partial charge in [-0.3, -0.25) is 4.68 Å². The van der Waals surface area contributed by atoms with Gasteiger partial charge in [-0.05, 0) is 6.42 Å². The van der Waals surface area contributed by atoms with Crippen molar-refractivity contribution < 1.29 is 0 Å². The summed E-state index contributed by atoms with van der Waals surface area (Å²) in [5.74, 6) is 0. The van der Waals surface area contributed by atoms with Gasteiger partial charge in [-0.1, -0.05) is 30.4 Å². The minimum Gasteiger partial charge on any atom is -0.396 e. The SMILES string of the molecule is C=CC1(n2cc(N)cn2)C=CC=CC1. The molecule has 0 amide bonds. The van der Waals surface area contributed by atoms with Crippen molar-refractivity contribution >= 4 is 5.69 Å². The monoisotopic (exact) mass is 187 g/mol. The smallest absolute Gasteiger partial charge is 0.102 e. The summed E-state index contributed by atoms with van der Waals surface area (Å²) in [6, 6.07) is 0. The second-order valence-corrected chi connectivity index (χ2v) is 3.40. The molecule has 0 radical (unpaired) electrons. The van der Waals surface area contributed by atoms with Gasteiger partial charge >= 0.3 is 0 Å². The summed E-state index contributed by atoms with van der Waals surface area (Å²) in [6.45, 7) is 3.86. The summed E-state index contributed by atoms with van der Waals surface area (Å²) < 4.78 is 1.84. The Hall–Kier alpha value is -1.77. The highest BCUT2D eigenvalue weighted by Crippen LogP contribution is 2.27. The molecule has 0 saturated carbocycles. The standard InChI is InChI=1S/C11H13N3/c1-2-11(6-4-3-5-7-11)14-9-10(12)8-13-14/h2-6,8-9H,1,7,12H2. The maximum absolute atomic E-state index is 5.64. The van der Waals surface area contributed by atoms with Gasteiger partial charge in [0, 0.05) is 6.20 Å². The maximum atomic E-state index is 5.64. The molecule has 0 aromatic carbocycles. The van der Waals surface area contributed by atoms with Gasteiger partial charge in [0.2, 0.25) is 0 Å². The molecular formula is C11H13N3. The second kappa shape index (κ2) is 3.18. The predicted octanol–water partition coefficient (Wildman–Crippen LogP) is 1.86. The van der Waals surface area contributed by atoms with Crippen LogP contribution in [0.4, 0.5) is 5.69 Å². The highest BCUT2D eigenvalue weighted by atomic mass is 15.3. The Bertz CT molecular complexity index is 400. The number of nitrogens with two attached hydrogens (primary N) is 1. The average Bonchev–Trinajstić information content (AvgIpc) is 2.66. The van der Waals surface area contributed by atoms with Crippen molar-refractivity contribution in [3.8, 4) is 0 Å². The van der Waals surface area contributed by atoms with E-state index in [4.69, 9.17) is 5.73 Å². The summed E-state index contributed by atoms with van der Waals surface area (Å²) in [6.07, 6.45) is 14.4. The number of nitrogens with zero attached hydrogens (tertiary/aromatic N) is 2. The zero-order valence-electron chi connectivity index (χ0n) is 7.93. The van der Waals surface area contributed by atoms with Gasteiger partial charge in [0.15, 0.2) is 0 Å². The van der Waals surface area contributed by atoms with Crippen LogP contribution in [0.2, 0.25) is 0 Å². The molecule has 3 nitrogen and oxygen atoms in total. The number of aromatic nitrogens is 2. The van der Waals surface area contributed by atoms with E-state index < -0.39 is 0 Å². The van der Waals surface area contributed by atoms with Gasteiger partial charge in [-0.2, -0.15) is 5.10 Å². The summed E-state index contributed by atoms with van der Waals surface area (Å²) >= 11 is 0. The Morgan fingerprint density at radius 1 is 1.57 bits per heavy atom. The summed E-state index contributed by atoms with van der Waals surface area (Å²) in [7, 11) is 0. The van der Waals surface area contributed by atoms with Crippen LogP contribution in [-0.2, 0) is 5.54 Å². The molecule has 0 spiro atoms. The van der Waals surface area contributed by atoms with Gasteiger partial charge in [0.05, 0.1) is 11.9 Å². The highest BCUT2D eigenvalue weighted by molar-refractivity contribution is 5.34. The minimum absolute atomic E-state index is 0.244. The van der Waals surface area contributed by atoms with Crippen LogP contribution >= 0.6 is 0 Å². The highest BCUT2D eigenvalue weighted by Gasteiger charge is 2.25. The number of hydrogen-bond acceptors (Lipinski definition) is 2. The molecule has 2 N–H and O–H groups in total. The Balaban J connectivity index is 2.42. The second-order valence-electron chi connectivity index (χ2n) is 3.40. The van der Waals surface area contributed by atoms with Gasteiger partial charge in [-0.25, -0.2) is 0 Å². The molecule has 1 aromatic rings. The maximum Gasteiger partial charge on any atom is 0.102 e. The fraction of sp³-hybridized carbons (Fsp3) is 0.182. The molecule has 1 atom stereocenters. The Kier molecular flexibility index (Phi) is 2.00. The van der Waals surface area contributed by atoms with Gasteiger partial charge in [0.25, 0.3) is 0 Å². The van der Waals surface area contributed by atoms with E-state index in [1.54, 1.807) is 6.20 Å². The third kappa shape index (κ3) is 1.27. The Morgan fingerprint density at radius 3 is 2.93 bits per heavy atom. The van der Waals surface area contributed by atoms with Crippen LogP contribution in [0.3, 0.4) is 0 Å². The van der Waals surface area contributed by atoms with Crippen LogP contribution in [0.1, 0.15) is 6.42 Å². The van der Waals surface area contributed by atoms with Crippen LogP contribution < -0.4 is 5.73 Å². The lowest BCUT2D eigenvalue weighted by atomic mass is 9.92. The zero-order chi connectivity index (χ0) is 10.0. The van der Waals surface area contributed by atoms with E-state index in [-0.39, 0.29) is 5.54 Å². The zero-order valence-corrected chi connectivity index (χ0v) is 7.93. The van der Waals surface area contributed by atoms with Crippen LogP contribution in [-0.4, -0.2) is 9.78 Å². The molecule has 1 heterocycles. The van der Waals surface area contributed by atoms with Crippen LogP contribution in [0.5, 0.6) is 0 Å². The first-order valence-electron chi connectivity index (χ1n) is 4.55. The number of rotatable bonds is 2. The summed E-state index contributed by atoms with van der Waals surface area (Å²) in [4.78, 5) is 0. The van der Waals surface area contributed by atoms with E-state index in [2.05, 4.69) is 23.8 Å². The quantitative estimate of drug-likeness (QED) is 0.718. The Morgan fingerprint density at radius 2 is 2.43 bits per heavy atom. The first kappa shape index (κ1) is 8.81. The van der Waals surface area contributed by atoms with Crippen molar-refractivity contribution in [2.24, 2.45) is 0 Å². The number of hydrogen-bond donors (Lipinski definition) is 1. The molecule has 2 rings (SSSR count). The van der Waals surface area contributed by atoms with Crippen molar-refractivity contribution in [1.29, 1.82) is 0 Å². The molecule has 3 heteroatoms. The predicted molar refractivity (Wildman–Crippen MR) is 57.7 cm³/mol. The molecule has 1 unspecified atom stereocenters. The van der Waals surface area contributed by atoms with E-state index in [1.165, 1.54) is 0 Å². The van der Waals surface area contributed by atoms with Crippen molar-refractivity contribution in [2.75, 3.05) is 5.73 Å².